The van der Waals surface area contributed by atoms with E-state index in [1.54, 1.807) is 7.05 Å². The van der Waals surface area contributed by atoms with Gasteiger partial charge in [-0.3, -0.25) is 4.99 Å². The second-order valence-corrected chi connectivity index (χ2v) is 6.05. The number of hydrogen-bond acceptors (Lipinski definition) is 1. The number of fused-ring (bicyclic) bond motifs is 1. The fraction of sp³-hybridized carbons (Fsp3) is 0.211. The summed E-state index contributed by atoms with van der Waals surface area (Å²) in [4.78, 5) is 7.67. The molecular formula is C19H21ClN4. The molecule has 0 aliphatic heterocycles. The molecular weight excluding hydrogens is 320 g/mol. The molecule has 124 valence electrons. The number of benzene rings is 2. The third-order valence-electron chi connectivity index (χ3n) is 3.88. The molecule has 2 aromatic carbocycles. The van der Waals surface area contributed by atoms with Gasteiger partial charge in [0.15, 0.2) is 5.96 Å². The maximum atomic E-state index is 5.90. The second-order valence-electron chi connectivity index (χ2n) is 5.61. The van der Waals surface area contributed by atoms with Crippen molar-refractivity contribution in [2.45, 2.75) is 13.0 Å². The Hall–Kier alpha value is -2.46. The minimum atomic E-state index is 0.704. The summed E-state index contributed by atoms with van der Waals surface area (Å²) >= 11 is 5.90. The van der Waals surface area contributed by atoms with E-state index in [0.717, 1.165) is 35.2 Å². The topological polar surface area (TPSA) is 52.2 Å². The maximum Gasteiger partial charge on any atom is 0.191 e. The molecule has 5 heteroatoms. The molecule has 0 fully saturated rings. The molecule has 0 atom stereocenters. The molecule has 0 saturated carbocycles. The lowest BCUT2D eigenvalue weighted by atomic mass is 10.1. The van der Waals surface area contributed by atoms with E-state index in [2.05, 4.69) is 38.8 Å². The number of aromatic amines is 1. The van der Waals surface area contributed by atoms with E-state index < -0.39 is 0 Å². The summed E-state index contributed by atoms with van der Waals surface area (Å²) < 4.78 is 0. The summed E-state index contributed by atoms with van der Waals surface area (Å²) in [6.07, 6.45) is 0.921. The van der Waals surface area contributed by atoms with Crippen LogP contribution in [0.25, 0.3) is 10.9 Å². The first-order valence-electron chi connectivity index (χ1n) is 8.00. The van der Waals surface area contributed by atoms with E-state index in [1.165, 1.54) is 10.9 Å². The van der Waals surface area contributed by atoms with Crippen LogP contribution < -0.4 is 10.6 Å². The molecule has 0 radical (unpaired) electrons. The number of H-pyrrole nitrogens is 1. The number of guanidine groups is 1. The number of para-hydroxylation sites is 1. The average molecular weight is 341 g/mol. The summed E-state index contributed by atoms with van der Waals surface area (Å²) in [7, 11) is 1.78. The lowest BCUT2D eigenvalue weighted by molar-refractivity contribution is 0.787. The Morgan fingerprint density at radius 2 is 1.88 bits per heavy atom. The van der Waals surface area contributed by atoms with Crippen LogP contribution in [0.5, 0.6) is 0 Å². The molecule has 0 unspecified atom stereocenters. The molecule has 3 N–H and O–H groups in total. The molecule has 0 spiro atoms. The zero-order valence-electron chi connectivity index (χ0n) is 13.6. The van der Waals surface area contributed by atoms with Crippen molar-refractivity contribution >= 4 is 28.5 Å². The molecule has 0 saturated heterocycles. The summed E-state index contributed by atoms with van der Waals surface area (Å²) in [5.41, 5.74) is 3.54. The monoisotopic (exact) mass is 340 g/mol. The molecule has 4 nitrogen and oxygen atoms in total. The number of nitrogens with zero attached hydrogens (tertiary/aromatic N) is 1. The van der Waals surface area contributed by atoms with Gasteiger partial charge in [-0.2, -0.15) is 0 Å². The summed E-state index contributed by atoms with van der Waals surface area (Å²) in [5.74, 6) is 0.794. The molecule has 0 bridgehead atoms. The number of hydrogen-bond donors (Lipinski definition) is 3. The van der Waals surface area contributed by atoms with Gasteiger partial charge in [0.25, 0.3) is 0 Å². The Morgan fingerprint density at radius 3 is 2.62 bits per heavy atom. The maximum absolute atomic E-state index is 5.90. The first-order chi connectivity index (χ1) is 11.7. The SMILES string of the molecule is CN=C(NCCc1ccc(Cl)cc1)NCc1cc2ccccc2[nH]1. The Balaban J connectivity index is 1.48. The first-order valence-corrected chi connectivity index (χ1v) is 8.38. The highest BCUT2D eigenvalue weighted by Gasteiger charge is 2.02. The third kappa shape index (κ3) is 4.30. The van der Waals surface area contributed by atoms with Gasteiger partial charge in [0.1, 0.15) is 0 Å². The van der Waals surface area contributed by atoms with Gasteiger partial charge in [-0.15, -0.1) is 0 Å². The Labute approximate surface area is 147 Å². The molecule has 3 rings (SSSR count). The van der Waals surface area contributed by atoms with Crippen LogP contribution in [0.15, 0.2) is 59.6 Å². The predicted molar refractivity (Wildman–Crippen MR) is 102 cm³/mol. The average Bonchev–Trinajstić information content (AvgIpc) is 3.02. The van der Waals surface area contributed by atoms with Crippen molar-refractivity contribution < 1.29 is 0 Å². The normalized spacial score (nSPS) is 11.7. The molecule has 24 heavy (non-hydrogen) atoms. The van der Waals surface area contributed by atoms with E-state index in [4.69, 9.17) is 11.6 Å². The van der Waals surface area contributed by atoms with Crippen molar-refractivity contribution in [2.24, 2.45) is 4.99 Å². The van der Waals surface area contributed by atoms with Gasteiger partial charge in [0.05, 0.1) is 6.54 Å². The molecule has 0 aliphatic carbocycles. The van der Waals surface area contributed by atoms with Crippen molar-refractivity contribution in [3.8, 4) is 0 Å². The van der Waals surface area contributed by atoms with E-state index >= 15 is 0 Å². The van der Waals surface area contributed by atoms with Crippen LogP contribution >= 0.6 is 11.6 Å². The van der Waals surface area contributed by atoms with Crippen LogP contribution in [0.1, 0.15) is 11.3 Å². The fourth-order valence-electron chi connectivity index (χ4n) is 2.60. The Bertz CT molecular complexity index is 788. The standard InChI is InChI=1S/C19H21ClN4/c1-21-19(22-11-10-14-6-8-16(20)9-7-14)23-13-17-12-15-4-2-3-5-18(15)24-17/h2-9,12,24H,10-11,13H2,1H3,(H2,21,22,23). The number of rotatable bonds is 5. The molecule has 1 heterocycles. The highest BCUT2D eigenvalue weighted by atomic mass is 35.5. The Kier molecular flexibility index (Phi) is 5.39. The van der Waals surface area contributed by atoms with Gasteiger partial charge >= 0.3 is 0 Å². The van der Waals surface area contributed by atoms with Crippen LogP contribution in [0, 0.1) is 0 Å². The highest BCUT2D eigenvalue weighted by Crippen LogP contribution is 2.14. The quantitative estimate of drug-likeness (QED) is 0.489. The lowest BCUT2D eigenvalue weighted by Gasteiger charge is -2.11. The zero-order chi connectivity index (χ0) is 16.8. The van der Waals surface area contributed by atoms with Gasteiger partial charge in [-0.25, -0.2) is 0 Å². The van der Waals surface area contributed by atoms with Gasteiger partial charge in [0.2, 0.25) is 0 Å². The van der Waals surface area contributed by atoms with Gasteiger partial charge in [-0.1, -0.05) is 41.9 Å². The zero-order valence-corrected chi connectivity index (χ0v) is 14.4. The number of nitrogens with one attached hydrogen (secondary N) is 3. The van der Waals surface area contributed by atoms with Gasteiger partial charge < -0.3 is 15.6 Å². The fourth-order valence-corrected chi connectivity index (χ4v) is 2.73. The molecule has 3 aromatic rings. The van der Waals surface area contributed by atoms with Crippen molar-refractivity contribution in [2.75, 3.05) is 13.6 Å². The van der Waals surface area contributed by atoms with Crippen LogP contribution in [-0.4, -0.2) is 24.5 Å². The summed E-state index contributed by atoms with van der Waals surface area (Å²) in [6, 6.07) is 18.4. The van der Waals surface area contributed by atoms with E-state index in [1.807, 2.05) is 36.4 Å². The summed E-state index contributed by atoms with van der Waals surface area (Å²) in [5, 5.41) is 8.65. The van der Waals surface area contributed by atoms with E-state index in [9.17, 15) is 0 Å². The summed E-state index contributed by atoms with van der Waals surface area (Å²) in [6.45, 7) is 1.52. The third-order valence-corrected chi connectivity index (χ3v) is 4.13. The van der Waals surface area contributed by atoms with Gasteiger partial charge in [-0.05, 0) is 41.6 Å². The highest BCUT2D eigenvalue weighted by molar-refractivity contribution is 6.30. The van der Waals surface area contributed by atoms with Gasteiger partial charge in [0, 0.05) is 29.8 Å². The number of aliphatic imine (C=N–C) groups is 1. The molecule has 0 amide bonds. The molecule has 0 aliphatic rings. The predicted octanol–water partition coefficient (Wildman–Crippen LogP) is 3.73. The number of aromatic nitrogens is 1. The molecule has 1 aromatic heterocycles. The van der Waals surface area contributed by atoms with Crippen LogP contribution in [0.2, 0.25) is 5.02 Å². The first kappa shape index (κ1) is 16.4. The van der Waals surface area contributed by atoms with Crippen molar-refractivity contribution in [1.29, 1.82) is 0 Å². The minimum absolute atomic E-state index is 0.704. The lowest BCUT2D eigenvalue weighted by Crippen LogP contribution is -2.37. The van der Waals surface area contributed by atoms with E-state index in [0.29, 0.717) is 6.54 Å². The van der Waals surface area contributed by atoms with Crippen molar-refractivity contribution in [3.63, 3.8) is 0 Å². The Morgan fingerprint density at radius 1 is 1.08 bits per heavy atom. The second kappa shape index (κ2) is 7.88. The van der Waals surface area contributed by atoms with Crippen LogP contribution in [0.4, 0.5) is 0 Å². The van der Waals surface area contributed by atoms with Crippen LogP contribution in [-0.2, 0) is 13.0 Å². The largest absolute Gasteiger partial charge is 0.357 e. The van der Waals surface area contributed by atoms with Crippen molar-refractivity contribution in [3.05, 3.63) is 70.9 Å². The number of halogens is 1. The van der Waals surface area contributed by atoms with E-state index in [-0.39, 0.29) is 0 Å². The van der Waals surface area contributed by atoms with Crippen LogP contribution in [0.3, 0.4) is 0 Å². The van der Waals surface area contributed by atoms with Crippen molar-refractivity contribution in [1.82, 2.24) is 15.6 Å². The smallest absolute Gasteiger partial charge is 0.191 e. The minimum Gasteiger partial charge on any atom is -0.357 e.